The molecule has 0 aromatic carbocycles. The van der Waals surface area contributed by atoms with E-state index in [-0.39, 0.29) is 17.6 Å². The van der Waals surface area contributed by atoms with Crippen LogP contribution in [0.3, 0.4) is 0 Å². The first-order valence-corrected chi connectivity index (χ1v) is 17.8. The van der Waals surface area contributed by atoms with E-state index in [2.05, 4.69) is 87.2 Å². The minimum absolute atomic E-state index is 0.0311. The molecule has 1 unspecified atom stereocenters. The van der Waals surface area contributed by atoms with Crippen molar-refractivity contribution < 1.29 is 23.5 Å². The largest absolute Gasteiger partial charge is 0.468 e. The van der Waals surface area contributed by atoms with Gasteiger partial charge in [-0.3, -0.25) is 9.59 Å². The van der Waals surface area contributed by atoms with E-state index in [1.807, 2.05) is 19.1 Å². The Balaban J connectivity index is 5.78. The Morgan fingerprint density at radius 3 is 1.82 bits per heavy atom. The third-order valence-electron chi connectivity index (χ3n) is 8.37. The number of hydrogen-bond acceptors (Lipinski definition) is 5. The summed E-state index contributed by atoms with van der Waals surface area (Å²) in [6, 6.07) is 0. The van der Waals surface area contributed by atoms with Gasteiger partial charge in [0.25, 0.3) is 0 Å². The molecule has 0 rings (SSSR count). The topological polar surface area (TPSA) is 61.8 Å². The Labute approximate surface area is 247 Å². The van der Waals surface area contributed by atoms with Gasteiger partial charge in [-0.1, -0.05) is 83.9 Å². The Morgan fingerprint density at radius 1 is 0.875 bits per heavy atom. The van der Waals surface area contributed by atoms with Crippen LogP contribution in [0.2, 0.25) is 18.1 Å². The van der Waals surface area contributed by atoms with Crippen molar-refractivity contribution in [2.24, 2.45) is 17.3 Å². The molecule has 0 saturated heterocycles. The monoisotopic (exact) mass is 576 g/mol. The molecule has 0 bridgehead atoms. The molecule has 230 valence electrons. The van der Waals surface area contributed by atoms with Crippen molar-refractivity contribution in [3.63, 3.8) is 0 Å². The van der Waals surface area contributed by atoms with Crippen molar-refractivity contribution >= 4 is 20.3 Å². The molecule has 0 spiro atoms. The van der Waals surface area contributed by atoms with Gasteiger partial charge in [0.05, 0.1) is 20.3 Å². The van der Waals surface area contributed by atoms with E-state index in [4.69, 9.17) is 13.9 Å². The summed E-state index contributed by atoms with van der Waals surface area (Å²) in [5, 5.41) is 0.138. The van der Waals surface area contributed by atoms with E-state index in [0.717, 1.165) is 24.8 Å². The summed E-state index contributed by atoms with van der Waals surface area (Å²) in [6.45, 7) is 28.1. The van der Waals surface area contributed by atoms with Crippen LogP contribution < -0.4 is 0 Å². The van der Waals surface area contributed by atoms with Crippen LogP contribution in [-0.2, 0) is 23.5 Å². The van der Waals surface area contributed by atoms with Gasteiger partial charge in [-0.2, -0.15) is 0 Å². The summed E-state index contributed by atoms with van der Waals surface area (Å²) in [5.74, 6) is -0.276. The van der Waals surface area contributed by atoms with Crippen molar-refractivity contribution in [1.29, 1.82) is 0 Å². The summed E-state index contributed by atoms with van der Waals surface area (Å²) >= 11 is 0. The van der Waals surface area contributed by atoms with Crippen LogP contribution in [0, 0.1) is 17.3 Å². The van der Waals surface area contributed by atoms with Crippen LogP contribution >= 0.6 is 0 Å². The molecule has 1 atom stereocenters. The highest BCUT2D eigenvalue weighted by Gasteiger charge is 2.47. The summed E-state index contributed by atoms with van der Waals surface area (Å²) in [6.07, 6.45) is 12.0. The van der Waals surface area contributed by atoms with Gasteiger partial charge in [-0.05, 0) is 87.9 Å². The Bertz CT molecular complexity index is 889. The molecule has 6 heteroatoms. The lowest BCUT2D eigenvalue weighted by molar-refractivity contribution is -0.169. The predicted octanol–water partition coefficient (Wildman–Crippen LogP) is 9.37. The zero-order valence-corrected chi connectivity index (χ0v) is 29.0. The first-order chi connectivity index (χ1) is 18.4. The van der Waals surface area contributed by atoms with Gasteiger partial charge < -0.3 is 13.9 Å². The van der Waals surface area contributed by atoms with Gasteiger partial charge >= 0.3 is 11.9 Å². The van der Waals surface area contributed by atoms with Gasteiger partial charge in [0.1, 0.15) is 0 Å². The van der Waals surface area contributed by atoms with E-state index < -0.39 is 25.7 Å². The van der Waals surface area contributed by atoms with E-state index >= 15 is 0 Å². The molecule has 0 aromatic heterocycles. The Kier molecular flexibility index (Phi) is 16.3. The van der Waals surface area contributed by atoms with Crippen LogP contribution in [0.5, 0.6) is 0 Å². The van der Waals surface area contributed by atoms with Crippen molar-refractivity contribution in [2.45, 2.75) is 125 Å². The van der Waals surface area contributed by atoms with Gasteiger partial charge in [0, 0.05) is 0 Å². The van der Waals surface area contributed by atoms with Gasteiger partial charge in [-0.25, -0.2) is 0 Å². The second-order valence-corrected chi connectivity index (χ2v) is 18.0. The number of esters is 2. The highest BCUT2D eigenvalue weighted by atomic mass is 28.4. The SMILES string of the molecule is C=CCC(O[Si](C)(C)C(C)(C)C)/C(C)=C/CC/C(C)=C/CC(CCC=C(C(C)C)C(C)C)(C(=O)OC)C(=O)OC. The van der Waals surface area contributed by atoms with Crippen molar-refractivity contribution in [3.8, 4) is 0 Å². The number of rotatable bonds is 17. The summed E-state index contributed by atoms with van der Waals surface area (Å²) in [7, 11) is 0.751. The number of carbonyl (C=O) groups is 2. The fraction of sp³-hybridized carbons (Fsp3) is 0.706. The minimum atomic E-state index is -1.91. The van der Waals surface area contributed by atoms with E-state index in [1.165, 1.54) is 25.4 Å². The standard InChI is InChI=1S/C34H60O5Si/c1-15-18-30(39-40(13,14)33(8,9)10)28(7)20-16-19-27(6)22-24-34(31(35)37-11,32(36)38-12)23-17-21-29(25(2)3)26(4)5/h15,20-22,25-26,30H,1,16-19,23-24H2,2-14H3/b27-22+,28-20+. The maximum Gasteiger partial charge on any atom is 0.323 e. The predicted molar refractivity (Wildman–Crippen MR) is 172 cm³/mol. The quantitative estimate of drug-likeness (QED) is 0.0747. The maximum atomic E-state index is 13.0. The fourth-order valence-corrected chi connectivity index (χ4v) is 6.04. The average Bonchev–Trinajstić information content (AvgIpc) is 2.85. The van der Waals surface area contributed by atoms with Crippen LogP contribution in [0.4, 0.5) is 0 Å². The number of methoxy groups -OCH3 is 2. The second kappa shape index (κ2) is 17.1. The molecular formula is C34H60O5Si. The highest BCUT2D eigenvalue weighted by Crippen LogP contribution is 2.39. The van der Waals surface area contributed by atoms with Crippen LogP contribution in [0.1, 0.15) is 101 Å². The van der Waals surface area contributed by atoms with Gasteiger partial charge in [-0.15, -0.1) is 6.58 Å². The summed E-state index contributed by atoms with van der Waals surface area (Å²) in [5.41, 5.74) is 2.30. The second-order valence-electron chi connectivity index (χ2n) is 13.3. The molecule has 0 fully saturated rings. The minimum Gasteiger partial charge on any atom is -0.468 e. The molecule has 0 N–H and O–H groups in total. The Hall–Kier alpha value is -1.92. The number of allylic oxidation sites excluding steroid dienone is 5. The molecule has 5 nitrogen and oxygen atoms in total. The van der Waals surface area contributed by atoms with E-state index in [1.54, 1.807) is 0 Å². The molecule has 0 amide bonds. The fourth-order valence-electron chi connectivity index (χ4n) is 4.69. The Morgan fingerprint density at radius 2 is 1.40 bits per heavy atom. The smallest absolute Gasteiger partial charge is 0.323 e. The van der Waals surface area contributed by atoms with Crippen LogP contribution in [-0.4, -0.2) is 40.6 Å². The van der Waals surface area contributed by atoms with Crippen molar-refractivity contribution in [2.75, 3.05) is 14.2 Å². The molecule has 0 aliphatic carbocycles. The van der Waals surface area contributed by atoms with Crippen molar-refractivity contribution in [1.82, 2.24) is 0 Å². The zero-order valence-electron chi connectivity index (χ0n) is 28.0. The third kappa shape index (κ3) is 11.5. The molecule has 40 heavy (non-hydrogen) atoms. The molecule has 0 heterocycles. The van der Waals surface area contributed by atoms with Crippen LogP contribution in [0.25, 0.3) is 0 Å². The van der Waals surface area contributed by atoms with E-state index in [0.29, 0.717) is 24.7 Å². The molecule has 0 aliphatic rings. The number of ether oxygens (including phenoxy) is 2. The first kappa shape index (κ1) is 38.1. The van der Waals surface area contributed by atoms with Gasteiger partial charge in [0.15, 0.2) is 13.7 Å². The maximum absolute atomic E-state index is 13.0. The molecule has 0 saturated carbocycles. The lowest BCUT2D eigenvalue weighted by atomic mass is 9.78. The third-order valence-corrected chi connectivity index (χ3v) is 12.9. The molecular weight excluding hydrogens is 516 g/mol. The normalized spacial score (nSPS) is 14.3. The van der Waals surface area contributed by atoms with Gasteiger partial charge in [0.2, 0.25) is 0 Å². The van der Waals surface area contributed by atoms with E-state index in [9.17, 15) is 9.59 Å². The molecule has 0 aromatic rings. The zero-order chi connectivity index (χ0) is 31.3. The summed E-state index contributed by atoms with van der Waals surface area (Å²) < 4.78 is 17.0. The summed E-state index contributed by atoms with van der Waals surface area (Å²) in [4.78, 5) is 26.0. The first-order valence-electron chi connectivity index (χ1n) is 14.9. The molecule has 0 aliphatic heterocycles. The van der Waals surface area contributed by atoms with Crippen molar-refractivity contribution in [3.05, 3.63) is 47.6 Å². The number of carbonyl (C=O) groups excluding carboxylic acids is 2. The highest BCUT2D eigenvalue weighted by molar-refractivity contribution is 6.74. The molecule has 0 radical (unpaired) electrons. The number of hydrogen-bond donors (Lipinski definition) is 0. The lowest BCUT2D eigenvalue weighted by Crippen LogP contribution is -2.44. The average molecular weight is 577 g/mol. The van der Waals surface area contributed by atoms with Crippen LogP contribution in [0.15, 0.2) is 47.6 Å². The lowest BCUT2D eigenvalue weighted by Gasteiger charge is -2.39.